The van der Waals surface area contributed by atoms with Gasteiger partial charge < -0.3 is 5.32 Å². The van der Waals surface area contributed by atoms with E-state index >= 15 is 0 Å². The second-order valence-corrected chi connectivity index (χ2v) is 7.04. The van der Waals surface area contributed by atoms with Crippen LogP contribution in [0.15, 0.2) is 67.0 Å². The Morgan fingerprint density at radius 2 is 1.88 bits per heavy atom. The van der Waals surface area contributed by atoms with E-state index in [1.54, 1.807) is 10.9 Å². The Bertz CT molecular complexity index is 1040. The van der Waals surface area contributed by atoms with Crippen LogP contribution in [0.3, 0.4) is 0 Å². The summed E-state index contributed by atoms with van der Waals surface area (Å²) >= 11 is 7.75. The fourth-order valence-corrected chi connectivity index (χ4v) is 4.05. The molecular weight excluding hydrogens is 354 g/mol. The molecule has 1 N–H and O–H groups in total. The van der Waals surface area contributed by atoms with Gasteiger partial charge in [-0.2, -0.15) is 5.10 Å². The van der Waals surface area contributed by atoms with Crippen LogP contribution < -0.4 is 5.32 Å². The Balaban J connectivity index is 1.52. The van der Waals surface area contributed by atoms with Gasteiger partial charge in [-0.05, 0) is 11.6 Å². The lowest BCUT2D eigenvalue weighted by atomic mass is 10.2. The molecule has 0 bridgehead atoms. The number of amides is 1. The number of nitrogens with zero attached hydrogens (tertiary/aromatic N) is 2. The van der Waals surface area contributed by atoms with Gasteiger partial charge in [-0.3, -0.25) is 9.48 Å². The molecule has 0 spiro atoms. The van der Waals surface area contributed by atoms with Gasteiger partial charge in [-0.1, -0.05) is 60.1 Å². The van der Waals surface area contributed by atoms with Crippen LogP contribution in [0, 0.1) is 0 Å². The zero-order valence-corrected chi connectivity index (χ0v) is 14.7. The number of carbonyl (C=O) groups excluding carboxylic acids is 1. The molecule has 0 aliphatic rings. The van der Waals surface area contributed by atoms with Crippen molar-refractivity contribution >= 4 is 44.6 Å². The highest BCUT2D eigenvalue weighted by Gasteiger charge is 2.17. The van der Waals surface area contributed by atoms with Crippen molar-refractivity contribution in [3.05, 3.63) is 82.5 Å². The minimum absolute atomic E-state index is 0.217. The van der Waals surface area contributed by atoms with Gasteiger partial charge in [0.15, 0.2) is 0 Å². The molecule has 25 heavy (non-hydrogen) atoms. The van der Waals surface area contributed by atoms with Gasteiger partial charge in [0, 0.05) is 16.3 Å². The Morgan fingerprint density at radius 3 is 2.68 bits per heavy atom. The van der Waals surface area contributed by atoms with E-state index in [0.29, 0.717) is 22.1 Å². The number of hydrogen-bond donors (Lipinski definition) is 1. The van der Waals surface area contributed by atoms with Crippen LogP contribution in [0.1, 0.15) is 15.2 Å². The van der Waals surface area contributed by atoms with Crippen LogP contribution >= 0.6 is 22.9 Å². The highest BCUT2D eigenvalue weighted by atomic mass is 35.5. The van der Waals surface area contributed by atoms with Gasteiger partial charge in [0.1, 0.15) is 4.88 Å². The van der Waals surface area contributed by atoms with E-state index in [1.165, 1.54) is 11.3 Å². The lowest BCUT2D eigenvalue weighted by Gasteiger charge is -2.02. The summed E-state index contributed by atoms with van der Waals surface area (Å²) < 4.78 is 2.79. The Hall–Kier alpha value is -2.63. The number of carbonyl (C=O) groups is 1. The normalized spacial score (nSPS) is 10.9. The van der Waals surface area contributed by atoms with E-state index < -0.39 is 0 Å². The number of rotatable bonds is 4. The molecule has 0 saturated heterocycles. The number of aromatic nitrogens is 2. The van der Waals surface area contributed by atoms with Gasteiger partial charge in [0.05, 0.1) is 23.5 Å². The molecule has 0 radical (unpaired) electrons. The molecule has 2 aromatic carbocycles. The average molecular weight is 368 g/mol. The number of halogens is 1. The van der Waals surface area contributed by atoms with E-state index in [1.807, 2.05) is 60.8 Å². The second-order valence-electron chi connectivity index (χ2n) is 5.61. The van der Waals surface area contributed by atoms with Gasteiger partial charge in [0.2, 0.25) is 0 Å². The molecule has 0 aliphatic carbocycles. The molecule has 2 aromatic heterocycles. The minimum Gasteiger partial charge on any atom is -0.319 e. The molecular formula is C19H14ClN3OS. The molecule has 2 heterocycles. The molecule has 0 fully saturated rings. The fraction of sp³-hybridized carbons (Fsp3) is 0.0526. The molecule has 6 heteroatoms. The van der Waals surface area contributed by atoms with Gasteiger partial charge in [-0.15, -0.1) is 11.3 Å². The molecule has 1 amide bonds. The Morgan fingerprint density at radius 1 is 1.12 bits per heavy atom. The Kier molecular flexibility index (Phi) is 4.26. The first kappa shape index (κ1) is 15.9. The fourth-order valence-electron chi connectivity index (χ4n) is 2.63. The zero-order chi connectivity index (χ0) is 17.2. The van der Waals surface area contributed by atoms with Gasteiger partial charge in [-0.25, -0.2) is 0 Å². The van der Waals surface area contributed by atoms with Crippen molar-refractivity contribution in [2.24, 2.45) is 0 Å². The summed E-state index contributed by atoms with van der Waals surface area (Å²) in [7, 11) is 0. The number of hydrogen-bond acceptors (Lipinski definition) is 3. The molecule has 0 aliphatic heterocycles. The van der Waals surface area contributed by atoms with Crippen LogP contribution in [-0.2, 0) is 6.54 Å². The zero-order valence-electron chi connectivity index (χ0n) is 13.1. The smallest absolute Gasteiger partial charge is 0.267 e. The number of nitrogens with one attached hydrogen (secondary N) is 1. The number of thiophene rings is 1. The lowest BCUT2D eigenvalue weighted by Crippen LogP contribution is -2.10. The third kappa shape index (κ3) is 3.29. The van der Waals surface area contributed by atoms with Crippen molar-refractivity contribution in [2.75, 3.05) is 5.32 Å². The third-order valence-corrected chi connectivity index (χ3v) is 5.49. The third-order valence-electron chi connectivity index (χ3n) is 3.82. The topological polar surface area (TPSA) is 46.9 Å². The van der Waals surface area contributed by atoms with Crippen molar-refractivity contribution in [3.63, 3.8) is 0 Å². The van der Waals surface area contributed by atoms with E-state index in [4.69, 9.17) is 11.6 Å². The molecule has 0 atom stereocenters. The van der Waals surface area contributed by atoms with Crippen LogP contribution in [0.25, 0.3) is 10.1 Å². The first-order valence-electron chi connectivity index (χ1n) is 7.75. The second kappa shape index (κ2) is 6.70. The quantitative estimate of drug-likeness (QED) is 0.548. The average Bonchev–Trinajstić information content (AvgIpc) is 3.20. The molecule has 4 nitrogen and oxygen atoms in total. The van der Waals surface area contributed by atoms with Crippen molar-refractivity contribution < 1.29 is 4.79 Å². The summed E-state index contributed by atoms with van der Waals surface area (Å²) in [6.45, 7) is 0.653. The van der Waals surface area contributed by atoms with E-state index in [9.17, 15) is 4.79 Å². The summed E-state index contributed by atoms with van der Waals surface area (Å²) in [4.78, 5) is 13.1. The summed E-state index contributed by atoms with van der Waals surface area (Å²) in [5.41, 5.74) is 1.80. The van der Waals surface area contributed by atoms with Crippen LogP contribution in [0.4, 0.5) is 5.69 Å². The Labute approximate surface area is 153 Å². The summed E-state index contributed by atoms with van der Waals surface area (Å²) in [5, 5.41) is 8.56. The maximum Gasteiger partial charge on any atom is 0.267 e. The predicted molar refractivity (Wildman–Crippen MR) is 103 cm³/mol. The SMILES string of the molecule is O=C(Nc1cnn(Cc2ccccc2)c1)c1sc2ccccc2c1Cl. The van der Waals surface area contributed by atoms with Crippen LogP contribution in [0.2, 0.25) is 5.02 Å². The maximum atomic E-state index is 12.5. The van der Waals surface area contributed by atoms with Gasteiger partial charge in [0.25, 0.3) is 5.91 Å². The van der Waals surface area contributed by atoms with Gasteiger partial charge >= 0.3 is 0 Å². The summed E-state index contributed by atoms with van der Waals surface area (Å²) in [6, 6.07) is 17.8. The highest BCUT2D eigenvalue weighted by molar-refractivity contribution is 7.21. The standard InChI is InChI=1S/C19H14ClN3OS/c20-17-15-8-4-5-9-16(15)25-18(17)19(24)22-14-10-21-23(12-14)11-13-6-2-1-3-7-13/h1-10,12H,11H2,(H,22,24). The number of benzene rings is 2. The number of fused-ring (bicyclic) bond motifs is 1. The molecule has 4 aromatic rings. The highest BCUT2D eigenvalue weighted by Crippen LogP contribution is 2.35. The minimum atomic E-state index is -0.217. The van der Waals surface area contributed by atoms with Crippen molar-refractivity contribution in [1.29, 1.82) is 0 Å². The first-order chi connectivity index (χ1) is 12.2. The molecule has 4 rings (SSSR count). The lowest BCUT2D eigenvalue weighted by molar-refractivity contribution is 0.103. The molecule has 0 saturated carbocycles. The van der Waals surface area contributed by atoms with Crippen molar-refractivity contribution in [1.82, 2.24) is 9.78 Å². The van der Waals surface area contributed by atoms with Crippen molar-refractivity contribution in [2.45, 2.75) is 6.54 Å². The summed E-state index contributed by atoms with van der Waals surface area (Å²) in [6.07, 6.45) is 3.45. The molecule has 124 valence electrons. The van der Waals surface area contributed by atoms with E-state index in [0.717, 1.165) is 15.6 Å². The van der Waals surface area contributed by atoms with Crippen LogP contribution in [0.5, 0.6) is 0 Å². The summed E-state index contributed by atoms with van der Waals surface area (Å²) in [5.74, 6) is -0.217. The predicted octanol–water partition coefficient (Wildman–Crippen LogP) is 5.05. The van der Waals surface area contributed by atoms with Crippen LogP contribution in [-0.4, -0.2) is 15.7 Å². The first-order valence-corrected chi connectivity index (χ1v) is 8.95. The van der Waals surface area contributed by atoms with E-state index in [2.05, 4.69) is 10.4 Å². The maximum absolute atomic E-state index is 12.5. The largest absolute Gasteiger partial charge is 0.319 e. The molecule has 0 unspecified atom stereocenters. The van der Waals surface area contributed by atoms with Crippen molar-refractivity contribution in [3.8, 4) is 0 Å². The van der Waals surface area contributed by atoms with E-state index in [-0.39, 0.29) is 5.91 Å². The number of anilines is 1. The monoisotopic (exact) mass is 367 g/mol.